The highest BCUT2D eigenvalue weighted by molar-refractivity contribution is 6.36. The molecule has 1 aromatic carbocycles. The molecule has 0 aliphatic heterocycles. The number of amides is 1. The highest BCUT2D eigenvalue weighted by atomic mass is 35.5. The molecular weight excluding hydrogens is 357 g/mol. The van der Waals surface area contributed by atoms with E-state index in [-0.39, 0.29) is 11.8 Å². The third-order valence-corrected chi connectivity index (χ3v) is 5.24. The maximum Gasteiger partial charge on any atom is 0.227 e. The van der Waals surface area contributed by atoms with Crippen molar-refractivity contribution in [2.45, 2.75) is 26.2 Å². The van der Waals surface area contributed by atoms with Crippen molar-refractivity contribution in [2.24, 2.45) is 5.92 Å². The van der Waals surface area contributed by atoms with Crippen LogP contribution in [0.25, 0.3) is 5.65 Å². The van der Waals surface area contributed by atoms with E-state index in [2.05, 4.69) is 28.8 Å². The molecule has 128 valence electrons. The number of pyridine rings is 1. The molecule has 3 aromatic rings. The van der Waals surface area contributed by atoms with Crippen molar-refractivity contribution in [2.75, 3.05) is 5.32 Å². The summed E-state index contributed by atoms with van der Waals surface area (Å²) in [7, 11) is 0. The van der Waals surface area contributed by atoms with E-state index in [9.17, 15) is 4.79 Å². The largest absolute Gasteiger partial charge is 0.325 e. The van der Waals surface area contributed by atoms with Crippen molar-refractivity contribution in [1.29, 1.82) is 0 Å². The van der Waals surface area contributed by atoms with Crippen LogP contribution in [0.15, 0.2) is 36.5 Å². The van der Waals surface area contributed by atoms with Crippen molar-refractivity contribution in [3.63, 3.8) is 0 Å². The summed E-state index contributed by atoms with van der Waals surface area (Å²) in [5.74, 6) is -0.114. The third kappa shape index (κ3) is 3.12. The van der Waals surface area contributed by atoms with Crippen LogP contribution in [-0.2, 0) is 17.6 Å². The van der Waals surface area contributed by atoms with Gasteiger partial charge in [0, 0.05) is 29.3 Å². The first-order chi connectivity index (χ1) is 12.0. The Balaban J connectivity index is 1.57. The summed E-state index contributed by atoms with van der Waals surface area (Å²) in [6.45, 7) is 2.06. The number of hydrogen-bond acceptors (Lipinski definition) is 2. The lowest BCUT2D eigenvalue weighted by Crippen LogP contribution is -2.28. The number of carbonyl (C=O) groups is 1. The van der Waals surface area contributed by atoms with Gasteiger partial charge in [0.05, 0.1) is 16.4 Å². The van der Waals surface area contributed by atoms with Crippen LogP contribution in [0.5, 0.6) is 0 Å². The summed E-state index contributed by atoms with van der Waals surface area (Å²) in [5, 5.41) is 3.92. The Morgan fingerprint density at radius 2 is 2.12 bits per heavy atom. The van der Waals surface area contributed by atoms with Crippen LogP contribution in [0.1, 0.15) is 23.4 Å². The summed E-state index contributed by atoms with van der Waals surface area (Å²) < 4.78 is 2.09. The number of imidazole rings is 1. The van der Waals surface area contributed by atoms with Gasteiger partial charge in [-0.2, -0.15) is 0 Å². The van der Waals surface area contributed by atoms with Crippen molar-refractivity contribution in [1.82, 2.24) is 9.38 Å². The van der Waals surface area contributed by atoms with Crippen molar-refractivity contribution >= 4 is 40.4 Å². The minimum absolute atomic E-state index is 0.0167. The molecule has 0 saturated carbocycles. The molecule has 0 radical (unpaired) electrons. The molecule has 0 saturated heterocycles. The monoisotopic (exact) mass is 373 g/mol. The number of aromatic nitrogens is 2. The smallest absolute Gasteiger partial charge is 0.227 e. The Morgan fingerprint density at radius 3 is 2.92 bits per heavy atom. The standard InChI is InChI=1S/C19H17Cl2N3O/c1-11-6-7-24-17-9-12(2-4-16(17)22-18(24)8-11)19(25)23-15-5-3-13(20)10-14(15)21/h3,5-8,10,12H,2,4,9H2,1H3,(H,23,25). The van der Waals surface area contributed by atoms with E-state index in [1.165, 1.54) is 5.56 Å². The molecular formula is C19H17Cl2N3O. The lowest BCUT2D eigenvalue weighted by Gasteiger charge is -2.21. The fourth-order valence-electron chi connectivity index (χ4n) is 3.36. The summed E-state index contributed by atoms with van der Waals surface area (Å²) in [6, 6.07) is 9.21. The predicted molar refractivity (Wildman–Crippen MR) is 101 cm³/mol. The molecule has 1 unspecified atom stereocenters. The number of nitrogens with one attached hydrogen (secondary N) is 1. The Hall–Kier alpha value is -2.04. The molecule has 1 atom stereocenters. The molecule has 4 rings (SSSR count). The molecule has 1 aliphatic rings. The number of rotatable bonds is 2. The van der Waals surface area contributed by atoms with Crippen LogP contribution in [0, 0.1) is 12.8 Å². The number of aryl methyl sites for hydroxylation is 2. The van der Waals surface area contributed by atoms with Crippen LogP contribution >= 0.6 is 23.2 Å². The molecule has 0 bridgehead atoms. The molecule has 0 fully saturated rings. The van der Waals surface area contributed by atoms with Gasteiger partial charge in [0.15, 0.2) is 0 Å². The maximum absolute atomic E-state index is 12.7. The van der Waals surface area contributed by atoms with E-state index in [1.54, 1.807) is 18.2 Å². The van der Waals surface area contributed by atoms with Gasteiger partial charge in [0.1, 0.15) is 5.65 Å². The first-order valence-electron chi connectivity index (χ1n) is 8.23. The zero-order valence-corrected chi connectivity index (χ0v) is 15.2. The van der Waals surface area contributed by atoms with Crippen LogP contribution in [0.3, 0.4) is 0 Å². The number of carbonyl (C=O) groups excluding carboxylic acids is 1. The van der Waals surface area contributed by atoms with E-state index >= 15 is 0 Å². The average molecular weight is 374 g/mol. The molecule has 1 amide bonds. The van der Waals surface area contributed by atoms with Crippen molar-refractivity contribution in [3.8, 4) is 0 Å². The molecule has 2 aromatic heterocycles. The lowest BCUT2D eigenvalue weighted by molar-refractivity contribution is -0.120. The van der Waals surface area contributed by atoms with Crippen LogP contribution < -0.4 is 5.32 Å². The number of anilines is 1. The Kier molecular flexibility index (Phi) is 4.18. The van der Waals surface area contributed by atoms with Crippen LogP contribution in [-0.4, -0.2) is 15.3 Å². The van der Waals surface area contributed by atoms with Gasteiger partial charge >= 0.3 is 0 Å². The first-order valence-corrected chi connectivity index (χ1v) is 8.99. The number of halogens is 2. The topological polar surface area (TPSA) is 46.4 Å². The van der Waals surface area contributed by atoms with E-state index in [1.807, 2.05) is 6.20 Å². The quantitative estimate of drug-likeness (QED) is 0.707. The zero-order valence-electron chi connectivity index (χ0n) is 13.7. The summed E-state index contributed by atoms with van der Waals surface area (Å²) in [5.41, 5.74) is 4.95. The fourth-order valence-corrected chi connectivity index (χ4v) is 3.81. The molecule has 1 N–H and O–H groups in total. The van der Waals surface area contributed by atoms with E-state index < -0.39 is 0 Å². The minimum atomic E-state index is -0.0968. The Morgan fingerprint density at radius 1 is 1.28 bits per heavy atom. The average Bonchev–Trinajstić information content (AvgIpc) is 2.93. The summed E-state index contributed by atoms with van der Waals surface area (Å²) in [6.07, 6.45) is 4.30. The van der Waals surface area contributed by atoms with Gasteiger partial charge in [0.25, 0.3) is 0 Å². The Bertz CT molecular complexity index is 980. The van der Waals surface area contributed by atoms with Gasteiger partial charge in [-0.25, -0.2) is 4.98 Å². The zero-order chi connectivity index (χ0) is 17.6. The molecule has 2 heterocycles. The van der Waals surface area contributed by atoms with Gasteiger partial charge in [-0.1, -0.05) is 23.2 Å². The van der Waals surface area contributed by atoms with Gasteiger partial charge in [-0.15, -0.1) is 0 Å². The van der Waals surface area contributed by atoms with Crippen LogP contribution in [0.2, 0.25) is 10.0 Å². The maximum atomic E-state index is 12.7. The van der Waals surface area contributed by atoms with Gasteiger partial charge in [0.2, 0.25) is 5.91 Å². The molecule has 25 heavy (non-hydrogen) atoms. The van der Waals surface area contributed by atoms with Gasteiger partial charge < -0.3 is 9.72 Å². The molecule has 1 aliphatic carbocycles. The normalized spacial score (nSPS) is 16.7. The van der Waals surface area contributed by atoms with Crippen molar-refractivity contribution in [3.05, 3.63) is 63.5 Å². The summed E-state index contributed by atoms with van der Waals surface area (Å²) >= 11 is 12.1. The third-order valence-electron chi connectivity index (χ3n) is 4.69. The minimum Gasteiger partial charge on any atom is -0.325 e. The second-order valence-corrected chi connectivity index (χ2v) is 7.33. The van der Waals surface area contributed by atoms with Gasteiger partial charge in [-0.3, -0.25) is 4.79 Å². The predicted octanol–water partition coefficient (Wildman–Crippen LogP) is 4.69. The SMILES string of the molecule is Cc1ccn2c3c(nc2c1)CCC(C(=O)Nc1ccc(Cl)cc1Cl)C3. The molecule has 0 spiro atoms. The Labute approximate surface area is 155 Å². The number of benzene rings is 1. The van der Waals surface area contributed by atoms with E-state index in [4.69, 9.17) is 28.2 Å². The molecule has 6 heteroatoms. The number of hydrogen-bond donors (Lipinski definition) is 1. The fraction of sp³-hybridized carbons (Fsp3) is 0.263. The number of nitrogens with zero attached hydrogens (tertiary/aromatic N) is 2. The van der Waals surface area contributed by atoms with Crippen LogP contribution in [0.4, 0.5) is 5.69 Å². The first kappa shape index (κ1) is 16.4. The lowest BCUT2D eigenvalue weighted by atomic mass is 9.89. The highest BCUT2D eigenvalue weighted by Gasteiger charge is 2.28. The van der Waals surface area contributed by atoms with E-state index in [0.717, 1.165) is 29.9 Å². The molecule has 4 nitrogen and oxygen atoms in total. The van der Waals surface area contributed by atoms with Crippen molar-refractivity contribution < 1.29 is 4.79 Å². The highest BCUT2D eigenvalue weighted by Crippen LogP contribution is 2.30. The second-order valence-electron chi connectivity index (χ2n) is 6.49. The number of fused-ring (bicyclic) bond motifs is 3. The van der Waals surface area contributed by atoms with E-state index in [0.29, 0.717) is 22.2 Å². The second kappa shape index (κ2) is 6.36. The van der Waals surface area contributed by atoms with Gasteiger partial charge in [-0.05, 0) is 55.7 Å². The summed E-state index contributed by atoms with van der Waals surface area (Å²) in [4.78, 5) is 17.4.